The predicted molar refractivity (Wildman–Crippen MR) is 143 cm³/mol. The largest absolute Gasteiger partial charge is 0.338 e. The monoisotopic (exact) mass is 689 g/mol. The minimum atomic E-state index is -0.567. The molecule has 4 amide bonds. The van der Waals surface area contributed by atoms with Crippen LogP contribution in [0.4, 0.5) is 10.5 Å². The fraction of sp³-hybridized carbons (Fsp3) is 0.190. The second-order valence-electron chi connectivity index (χ2n) is 7.37. The van der Waals surface area contributed by atoms with Gasteiger partial charge in [0.15, 0.2) is 5.82 Å². The first kappa shape index (κ1) is 27.1. The summed E-state index contributed by atoms with van der Waals surface area (Å²) in [6.07, 6.45) is 1.53. The Morgan fingerprint density at radius 2 is 1.71 bits per heavy atom. The third-order valence-corrected chi connectivity index (χ3v) is 6.54. The third-order valence-electron chi connectivity index (χ3n) is 4.78. The molecule has 3 aromatic rings. The summed E-state index contributed by atoms with van der Waals surface area (Å²) in [5, 5.41) is 9.66. The molecule has 35 heavy (non-hydrogen) atoms. The van der Waals surface area contributed by atoms with E-state index in [1.165, 1.54) is 35.9 Å². The van der Waals surface area contributed by atoms with Crippen LogP contribution in [0.3, 0.4) is 0 Å². The molecule has 0 saturated heterocycles. The SMILES string of the molecule is CN(C)C(=O)N(C)N(C)C(=O)c1cc(Br)cc(Br)c1NC(=O)c1cc(Br)nn1-c1ncccc1Cl. The second kappa shape index (κ2) is 11.1. The summed E-state index contributed by atoms with van der Waals surface area (Å²) >= 11 is 16.3. The molecule has 14 heteroatoms. The number of amides is 4. The van der Waals surface area contributed by atoms with Gasteiger partial charge in [-0.15, -0.1) is 0 Å². The van der Waals surface area contributed by atoms with E-state index in [0.29, 0.717) is 18.6 Å². The maximum absolute atomic E-state index is 13.4. The zero-order valence-corrected chi connectivity index (χ0v) is 24.4. The molecule has 10 nitrogen and oxygen atoms in total. The molecule has 0 fully saturated rings. The Morgan fingerprint density at radius 3 is 2.34 bits per heavy atom. The van der Waals surface area contributed by atoms with E-state index in [2.05, 4.69) is 63.2 Å². The maximum Gasteiger partial charge on any atom is 0.338 e. The topological polar surface area (TPSA) is 104 Å². The number of halogens is 4. The first-order valence-corrected chi connectivity index (χ1v) is 12.6. The Morgan fingerprint density at radius 1 is 1.03 bits per heavy atom. The molecule has 0 atom stereocenters. The minimum absolute atomic E-state index is 0.124. The number of hydrogen-bond acceptors (Lipinski definition) is 5. The molecule has 0 unspecified atom stereocenters. The van der Waals surface area contributed by atoms with Crippen molar-refractivity contribution in [1.82, 2.24) is 29.7 Å². The van der Waals surface area contributed by atoms with E-state index in [1.54, 1.807) is 38.4 Å². The molecule has 2 aromatic heterocycles. The molecule has 1 N–H and O–H groups in total. The van der Waals surface area contributed by atoms with Gasteiger partial charge in [-0.3, -0.25) is 9.59 Å². The van der Waals surface area contributed by atoms with Crippen molar-refractivity contribution in [2.24, 2.45) is 0 Å². The fourth-order valence-electron chi connectivity index (χ4n) is 2.98. The number of carbonyl (C=O) groups is 3. The van der Waals surface area contributed by atoms with Gasteiger partial charge in [0.2, 0.25) is 0 Å². The van der Waals surface area contributed by atoms with Gasteiger partial charge < -0.3 is 10.2 Å². The quantitative estimate of drug-likeness (QED) is 0.386. The van der Waals surface area contributed by atoms with Crippen LogP contribution >= 0.6 is 59.4 Å². The molecule has 0 aliphatic heterocycles. The van der Waals surface area contributed by atoms with Gasteiger partial charge in [-0.1, -0.05) is 27.5 Å². The Hall–Kier alpha value is -2.48. The fourth-order valence-corrected chi connectivity index (χ4v) is 4.89. The molecular formula is C21H19Br3ClN7O3. The number of anilines is 1. The van der Waals surface area contributed by atoms with Crippen LogP contribution in [0.25, 0.3) is 5.82 Å². The number of urea groups is 1. The van der Waals surface area contributed by atoms with Crippen molar-refractivity contribution in [3.05, 3.63) is 66.4 Å². The molecule has 0 radical (unpaired) electrons. The first-order chi connectivity index (χ1) is 16.4. The number of rotatable bonds is 4. The van der Waals surface area contributed by atoms with Crippen molar-refractivity contribution in [3.63, 3.8) is 0 Å². The Balaban J connectivity index is 2.01. The summed E-state index contributed by atoms with van der Waals surface area (Å²) in [4.78, 5) is 44.6. The van der Waals surface area contributed by atoms with E-state index in [0.717, 1.165) is 10.0 Å². The molecule has 2 heterocycles. The standard InChI is InChI=1S/C21H19Br3ClN7O3/c1-29(2)21(35)31(4)30(3)20(34)12-8-11(22)9-13(23)17(12)27-19(33)15-10-16(24)28-32(15)18-14(25)6-5-7-26-18/h5-10H,1-4H3,(H,27,33). The van der Waals surface area contributed by atoms with Crippen LogP contribution in [0.2, 0.25) is 5.02 Å². The Labute approximate surface area is 231 Å². The smallest absolute Gasteiger partial charge is 0.329 e. The molecule has 0 aliphatic rings. The highest BCUT2D eigenvalue weighted by Crippen LogP contribution is 2.33. The Bertz CT molecular complexity index is 1320. The van der Waals surface area contributed by atoms with Gasteiger partial charge >= 0.3 is 6.03 Å². The van der Waals surface area contributed by atoms with Gasteiger partial charge in [0.25, 0.3) is 11.8 Å². The average molecular weight is 693 g/mol. The van der Waals surface area contributed by atoms with Gasteiger partial charge in [0.1, 0.15) is 10.3 Å². The number of hydrogen-bond donors (Lipinski definition) is 1. The van der Waals surface area contributed by atoms with Gasteiger partial charge in [-0.05, 0) is 56.1 Å². The van der Waals surface area contributed by atoms with Crippen molar-refractivity contribution in [2.45, 2.75) is 0 Å². The summed E-state index contributed by atoms with van der Waals surface area (Å²) in [7, 11) is 6.08. The van der Waals surface area contributed by atoms with E-state index in [4.69, 9.17) is 11.6 Å². The lowest BCUT2D eigenvalue weighted by Gasteiger charge is -2.31. The summed E-state index contributed by atoms with van der Waals surface area (Å²) in [6.45, 7) is 0. The normalized spacial score (nSPS) is 10.6. The van der Waals surface area contributed by atoms with E-state index < -0.39 is 17.8 Å². The molecular weight excluding hydrogens is 673 g/mol. The van der Waals surface area contributed by atoms with Crippen LogP contribution in [0.15, 0.2) is 50.1 Å². The zero-order valence-electron chi connectivity index (χ0n) is 18.9. The lowest BCUT2D eigenvalue weighted by atomic mass is 10.1. The molecule has 0 spiro atoms. The minimum Gasteiger partial charge on any atom is -0.329 e. The lowest BCUT2D eigenvalue weighted by Crippen LogP contribution is -2.48. The molecule has 1 aromatic carbocycles. The second-order valence-corrected chi connectivity index (χ2v) is 10.4. The number of aromatic nitrogens is 3. The van der Waals surface area contributed by atoms with Gasteiger partial charge in [0, 0.05) is 49.4 Å². The molecule has 3 rings (SSSR count). The zero-order chi connectivity index (χ0) is 26.0. The van der Waals surface area contributed by atoms with Gasteiger partial charge in [-0.25, -0.2) is 24.5 Å². The van der Waals surface area contributed by atoms with Crippen molar-refractivity contribution in [3.8, 4) is 5.82 Å². The van der Waals surface area contributed by atoms with Crippen molar-refractivity contribution < 1.29 is 14.4 Å². The highest BCUT2D eigenvalue weighted by atomic mass is 79.9. The van der Waals surface area contributed by atoms with Crippen LogP contribution < -0.4 is 5.32 Å². The predicted octanol–water partition coefficient (Wildman–Crippen LogP) is 5.06. The van der Waals surface area contributed by atoms with Gasteiger partial charge in [-0.2, -0.15) is 5.10 Å². The summed E-state index contributed by atoms with van der Waals surface area (Å²) in [6, 6.07) is 7.63. The van der Waals surface area contributed by atoms with Crippen LogP contribution in [-0.2, 0) is 0 Å². The van der Waals surface area contributed by atoms with E-state index in [1.807, 2.05) is 0 Å². The summed E-state index contributed by atoms with van der Waals surface area (Å²) < 4.78 is 2.72. The maximum atomic E-state index is 13.4. The van der Waals surface area contributed by atoms with Crippen molar-refractivity contribution in [1.29, 1.82) is 0 Å². The molecule has 184 valence electrons. The van der Waals surface area contributed by atoms with Crippen LogP contribution in [0.5, 0.6) is 0 Å². The van der Waals surface area contributed by atoms with E-state index in [-0.39, 0.29) is 22.8 Å². The van der Waals surface area contributed by atoms with Gasteiger partial charge in [0.05, 0.1) is 16.3 Å². The van der Waals surface area contributed by atoms with Crippen LogP contribution in [-0.4, -0.2) is 75.7 Å². The molecule has 0 bridgehead atoms. The summed E-state index contributed by atoms with van der Waals surface area (Å²) in [5.74, 6) is -0.829. The van der Waals surface area contributed by atoms with E-state index >= 15 is 0 Å². The highest BCUT2D eigenvalue weighted by molar-refractivity contribution is 9.11. The number of carbonyl (C=O) groups excluding carboxylic acids is 3. The molecule has 0 saturated carbocycles. The van der Waals surface area contributed by atoms with Crippen LogP contribution in [0, 0.1) is 0 Å². The molecule has 0 aliphatic carbocycles. The van der Waals surface area contributed by atoms with Crippen molar-refractivity contribution >= 4 is 82.9 Å². The summed E-state index contributed by atoms with van der Waals surface area (Å²) in [5.41, 5.74) is 0.470. The number of nitrogens with zero attached hydrogens (tertiary/aromatic N) is 6. The number of nitrogens with one attached hydrogen (secondary N) is 1. The first-order valence-electron chi connectivity index (χ1n) is 9.82. The van der Waals surface area contributed by atoms with E-state index in [9.17, 15) is 14.4 Å². The Kier molecular flexibility index (Phi) is 8.57. The lowest BCUT2D eigenvalue weighted by molar-refractivity contribution is 0.0323. The number of pyridine rings is 1. The number of hydrazine groups is 1. The third kappa shape index (κ3) is 5.85. The highest BCUT2D eigenvalue weighted by Gasteiger charge is 2.27. The average Bonchev–Trinajstić information content (AvgIpc) is 3.20. The van der Waals surface area contributed by atoms with Crippen LogP contribution in [0.1, 0.15) is 20.8 Å². The number of benzene rings is 1. The van der Waals surface area contributed by atoms with Crippen molar-refractivity contribution in [2.75, 3.05) is 33.5 Å².